The molecule has 0 nitrogen and oxygen atoms in total. The van der Waals surface area contributed by atoms with Crippen LogP contribution in [0.3, 0.4) is 0 Å². The van der Waals surface area contributed by atoms with E-state index in [1.165, 1.54) is 0 Å². The molecule has 16 heavy (non-hydrogen) atoms. The summed E-state index contributed by atoms with van der Waals surface area (Å²) in [7, 11) is 0. The Hall–Kier alpha value is -0.920. The zero-order valence-corrected chi connectivity index (χ0v) is 9.63. The Balaban J connectivity index is 1.98. The first-order valence-electron chi connectivity index (χ1n) is 5.90. The molecule has 0 heterocycles. The Morgan fingerprint density at radius 2 is 1.62 bits per heavy atom. The van der Waals surface area contributed by atoms with Crippen LogP contribution in [0.2, 0.25) is 0 Å². The van der Waals surface area contributed by atoms with Crippen molar-refractivity contribution in [1.29, 1.82) is 0 Å². The molecule has 0 saturated heterocycles. The van der Waals surface area contributed by atoms with E-state index in [0.29, 0.717) is 12.8 Å². The topological polar surface area (TPSA) is 0 Å². The molecule has 1 aromatic carbocycles. The monoisotopic (exact) mass is 222 g/mol. The average molecular weight is 222 g/mol. The summed E-state index contributed by atoms with van der Waals surface area (Å²) in [6, 6.07) is 9.28. The quantitative estimate of drug-likeness (QED) is 0.709. The summed E-state index contributed by atoms with van der Waals surface area (Å²) in [4.78, 5) is 0. The predicted molar refractivity (Wildman–Crippen MR) is 59.6 cm³/mol. The van der Waals surface area contributed by atoms with E-state index in [4.69, 9.17) is 0 Å². The molecule has 2 heteroatoms. The Labute approximate surface area is 94.7 Å². The normalized spacial score (nSPS) is 39.1. The molecular formula is C14H16F2. The minimum atomic E-state index is -2.50. The molecule has 86 valence electrons. The van der Waals surface area contributed by atoms with Crippen LogP contribution in [0, 0.1) is 11.3 Å². The van der Waals surface area contributed by atoms with Gasteiger partial charge in [0.15, 0.2) is 0 Å². The smallest absolute Gasteiger partial charge is 0.205 e. The minimum Gasteiger partial charge on any atom is -0.205 e. The highest BCUT2D eigenvalue weighted by atomic mass is 19.3. The Morgan fingerprint density at radius 3 is 2.06 bits per heavy atom. The van der Waals surface area contributed by atoms with Gasteiger partial charge in [-0.3, -0.25) is 0 Å². The predicted octanol–water partition coefficient (Wildman–Crippen LogP) is 4.01. The van der Waals surface area contributed by atoms with Gasteiger partial charge < -0.3 is 0 Å². The van der Waals surface area contributed by atoms with Crippen molar-refractivity contribution in [1.82, 2.24) is 0 Å². The van der Waals surface area contributed by atoms with Gasteiger partial charge >= 0.3 is 0 Å². The van der Waals surface area contributed by atoms with Crippen LogP contribution in [0.1, 0.15) is 32.3 Å². The van der Waals surface area contributed by atoms with Crippen molar-refractivity contribution >= 4 is 0 Å². The van der Waals surface area contributed by atoms with Gasteiger partial charge in [0.1, 0.15) is 0 Å². The number of rotatable bonds is 2. The molecule has 0 aliphatic heterocycles. The highest BCUT2D eigenvalue weighted by molar-refractivity contribution is 5.46. The fourth-order valence-electron chi connectivity index (χ4n) is 3.65. The molecule has 0 N–H and O–H groups in total. The third-order valence-corrected chi connectivity index (χ3v) is 4.89. The largest absolute Gasteiger partial charge is 0.263 e. The van der Waals surface area contributed by atoms with E-state index in [-0.39, 0.29) is 5.92 Å². The third-order valence-electron chi connectivity index (χ3n) is 4.89. The van der Waals surface area contributed by atoms with Gasteiger partial charge in [0.2, 0.25) is 0 Å². The fraction of sp³-hybridized carbons (Fsp3) is 0.571. The lowest BCUT2D eigenvalue weighted by molar-refractivity contribution is -0.387. The highest BCUT2D eigenvalue weighted by Gasteiger charge is 2.88. The number of alkyl halides is 2. The Kier molecular flexibility index (Phi) is 1.71. The molecule has 3 aliphatic carbocycles. The first-order chi connectivity index (χ1) is 7.46. The fourth-order valence-corrected chi connectivity index (χ4v) is 3.65. The second-order valence-corrected chi connectivity index (χ2v) is 5.69. The molecule has 4 rings (SSSR count). The molecule has 0 radical (unpaired) electrons. The van der Waals surface area contributed by atoms with Gasteiger partial charge in [-0.25, -0.2) is 8.78 Å². The molecule has 0 amide bonds. The lowest BCUT2D eigenvalue weighted by Crippen LogP contribution is -2.82. The van der Waals surface area contributed by atoms with E-state index in [2.05, 4.69) is 0 Å². The first kappa shape index (κ1) is 10.2. The second-order valence-electron chi connectivity index (χ2n) is 5.69. The van der Waals surface area contributed by atoms with Crippen LogP contribution < -0.4 is 0 Å². The van der Waals surface area contributed by atoms with Crippen molar-refractivity contribution in [2.75, 3.05) is 0 Å². The van der Waals surface area contributed by atoms with Crippen molar-refractivity contribution in [2.45, 2.75) is 38.0 Å². The van der Waals surface area contributed by atoms with Crippen molar-refractivity contribution in [3.8, 4) is 0 Å². The Bertz CT molecular complexity index is 414. The van der Waals surface area contributed by atoms with Gasteiger partial charge in [-0.15, -0.1) is 0 Å². The molecule has 0 atom stereocenters. The van der Waals surface area contributed by atoms with E-state index >= 15 is 0 Å². The van der Waals surface area contributed by atoms with Gasteiger partial charge in [-0.2, -0.15) is 0 Å². The number of halogens is 2. The van der Waals surface area contributed by atoms with E-state index in [1.54, 1.807) is 0 Å². The maximum absolute atomic E-state index is 14.2. The highest BCUT2D eigenvalue weighted by Crippen LogP contribution is 2.83. The summed E-state index contributed by atoms with van der Waals surface area (Å²) in [5.41, 5.74) is -0.719. The van der Waals surface area contributed by atoms with Crippen LogP contribution in [-0.2, 0) is 5.41 Å². The molecule has 0 aromatic heterocycles. The molecular weight excluding hydrogens is 206 g/mol. The minimum absolute atomic E-state index is 0.0769. The summed E-state index contributed by atoms with van der Waals surface area (Å²) >= 11 is 0. The summed E-state index contributed by atoms with van der Waals surface area (Å²) < 4.78 is 28.5. The summed E-state index contributed by atoms with van der Waals surface area (Å²) in [6.07, 6.45) is 1.32. The van der Waals surface area contributed by atoms with Crippen LogP contribution in [0.5, 0.6) is 0 Å². The molecule has 0 spiro atoms. The van der Waals surface area contributed by atoms with Crippen molar-refractivity contribution in [3.63, 3.8) is 0 Å². The molecule has 3 aliphatic rings. The third kappa shape index (κ3) is 0.792. The van der Waals surface area contributed by atoms with E-state index in [0.717, 1.165) is 5.56 Å². The van der Waals surface area contributed by atoms with Crippen LogP contribution in [0.25, 0.3) is 0 Å². The molecule has 3 fully saturated rings. The van der Waals surface area contributed by atoms with Crippen molar-refractivity contribution in [3.05, 3.63) is 35.9 Å². The maximum atomic E-state index is 14.2. The Morgan fingerprint density at radius 1 is 1.06 bits per heavy atom. The lowest BCUT2D eigenvalue weighted by Gasteiger charge is -2.77. The van der Waals surface area contributed by atoms with E-state index in [9.17, 15) is 8.78 Å². The van der Waals surface area contributed by atoms with Crippen LogP contribution in [0.15, 0.2) is 30.3 Å². The zero-order chi connectivity index (χ0) is 11.6. The maximum Gasteiger partial charge on any atom is 0.263 e. The van der Waals surface area contributed by atoms with Crippen LogP contribution in [-0.4, -0.2) is 5.92 Å². The number of benzene rings is 1. The van der Waals surface area contributed by atoms with Gasteiger partial charge in [0.25, 0.3) is 5.92 Å². The molecule has 1 aromatic rings. The standard InChI is InChI=1S/C14H16F2/c1-10(2)12-8-13(9-12,14(12,15)16)11-6-4-3-5-7-11/h3-7,10H,8-9H2,1-2H3. The number of hydrogen-bond donors (Lipinski definition) is 0. The summed E-state index contributed by atoms with van der Waals surface area (Å²) in [5, 5.41) is 0. The second kappa shape index (κ2) is 2.66. The SMILES string of the molecule is CC(C)C12CC(c3ccccc3)(C1)C2(F)F. The van der Waals surface area contributed by atoms with E-state index < -0.39 is 16.8 Å². The van der Waals surface area contributed by atoms with Gasteiger partial charge in [-0.1, -0.05) is 44.2 Å². The van der Waals surface area contributed by atoms with Crippen LogP contribution in [0.4, 0.5) is 8.78 Å². The average Bonchev–Trinajstić information content (AvgIpc) is 2.16. The molecule has 3 saturated carbocycles. The summed E-state index contributed by atoms with van der Waals surface area (Å²) in [6.45, 7) is 3.84. The number of hydrogen-bond acceptors (Lipinski definition) is 0. The van der Waals surface area contributed by atoms with Gasteiger partial charge in [0.05, 0.1) is 5.41 Å². The van der Waals surface area contributed by atoms with Gasteiger partial charge in [0, 0.05) is 5.41 Å². The molecule has 2 bridgehead atoms. The van der Waals surface area contributed by atoms with Crippen molar-refractivity contribution in [2.24, 2.45) is 11.3 Å². The first-order valence-corrected chi connectivity index (χ1v) is 5.90. The van der Waals surface area contributed by atoms with Crippen LogP contribution >= 0.6 is 0 Å². The lowest BCUT2D eigenvalue weighted by atomic mass is 9.28. The van der Waals surface area contributed by atoms with E-state index in [1.807, 2.05) is 44.2 Å². The zero-order valence-electron chi connectivity index (χ0n) is 9.63. The summed E-state index contributed by atoms with van der Waals surface area (Å²) in [5.74, 6) is -2.43. The van der Waals surface area contributed by atoms with Gasteiger partial charge in [-0.05, 0) is 24.3 Å². The molecule has 0 unspecified atom stereocenters. The van der Waals surface area contributed by atoms with Crippen molar-refractivity contribution < 1.29 is 8.78 Å².